The Hall–Kier alpha value is -1.79. The fraction of sp³-hybridized carbons (Fsp3) is 0.556. The predicted molar refractivity (Wildman–Crippen MR) is 101 cm³/mol. The summed E-state index contributed by atoms with van der Waals surface area (Å²) in [5.74, 6) is -0.435. The standard InChI is InChI=1S/C18H26ClN3O3/c1-13(19)17(23)21-14-6-7-16(22-9-3-4-10-22)15(12-14)18(24)20-8-5-11-25-2/h6-7,12-13H,3-5,8-11H2,1-2H3,(H,20,24)(H,21,23)/t13-/m1/s1. The summed E-state index contributed by atoms with van der Waals surface area (Å²) < 4.78 is 5.00. The fourth-order valence-electron chi connectivity index (χ4n) is 2.78. The summed E-state index contributed by atoms with van der Waals surface area (Å²) in [6.45, 7) is 4.63. The van der Waals surface area contributed by atoms with E-state index in [9.17, 15) is 9.59 Å². The van der Waals surface area contributed by atoms with Crippen molar-refractivity contribution in [1.82, 2.24) is 5.32 Å². The molecule has 0 aliphatic carbocycles. The van der Waals surface area contributed by atoms with Crippen molar-refractivity contribution < 1.29 is 14.3 Å². The molecule has 1 aromatic rings. The van der Waals surface area contributed by atoms with E-state index < -0.39 is 5.38 Å². The molecule has 1 aliphatic rings. The molecule has 0 radical (unpaired) electrons. The van der Waals surface area contributed by atoms with Crippen molar-refractivity contribution in [1.29, 1.82) is 0 Å². The van der Waals surface area contributed by atoms with Crippen LogP contribution in [-0.2, 0) is 9.53 Å². The summed E-state index contributed by atoms with van der Waals surface area (Å²) >= 11 is 5.80. The van der Waals surface area contributed by atoms with Crippen molar-refractivity contribution in [2.45, 2.75) is 31.6 Å². The first-order valence-corrected chi connectivity index (χ1v) is 9.07. The van der Waals surface area contributed by atoms with Gasteiger partial charge in [-0.15, -0.1) is 11.6 Å². The summed E-state index contributed by atoms with van der Waals surface area (Å²) in [7, 11) is 1.64. The van der Waals surface area contributed by atoms with Crippen molar-refractivity contribution in [2.75, 3.05) is 43.6 Å². The monoisotopic (exact) mass is 367 g/mol. The molecule has 1 saturated heterocycles. The lowest BCUT2D eigenvalue weighted by Gasteiger charge is -2.22. The average molecular weight is 368 g/mol. The number of alkyl halides is 1. The van der Waals surface area contributed by atoms with Crippen LogP contribution in [0.25, 0.3) is 0 Å². The number of hydrogen-bond donors (Lipinski definition) is 2. The molecule has 0 aromatic heterocycles. The van der Waals surface area contributed by atoms with Crippen LogP contribution in [0.15, 0.2) is 18.2 Å². The van der Waals surface area contributed by atoms with Crippen LogP contribution in [0.5, 0.6) is 0 Å². The lowest BCUT2D eigenvalue weighted by molar-refractivity contribution is -0.115. The van der Waals surface area contributed by atoms with E-state index in [2.05, 4.69) is 15.5 Å². The van der Waals surface area contributed by atoms with Crippen LogP contribution >= 0.6 is 11.6 Å². The maximum Gasteiger partial charge on any atom is 0.253 e. The molecule has 138 valence electrons. The average Bonchev–Trinajstić information content (AvgIpc) is 3.12. The van der Waals surface area contributed by atoms with Gasteiger partial charge >= 0.3 is 0 Å². The molecule has 2 N–H and O–H groups in total. The summed E-state index contributed by atoms with van der Waals surface area (Å²) in [5.41, 5.74) is 2.04. The number of rotatable bonds is 8. The quantitative estimate of drug-likeness (QED) is 0.547. The summed E-state index contributed by atoms with van der Waals surface area (Å²) in [6, 6.07) is 5.42. The zero-order valence-electron chi connectivity index (χ0n) is 14.8. The Morgan fingerprint density at radius 1 is 1.32 bits per heavy atom. The third kappa shape index (κ3) is 5.61. The Labute approximate surface area is 153 Å². The Balaban J connectivity index is 2.18. The molecule has 2 amide bonds. The first-order chi connectivity index (χ1) is 12.0. The van der Waals surface area contributed by atoms with Crippen molar-refractivity contribution in [3.63, 3.8) is 0 Å². The van der Waals surface area contributed by atoms with E-state index in [-0.39, 0.29) is 11.8 Å². The second-order valence-corrected chi connectivity index (χ2v) is 6.79. The molecule has 1 aliphatic heterocycles. The molecule has 25 heavy (non-hydrogen) atoms. The van der Waals surface area contributed by atoms with Crippen LogP contribution < -0.4 is 15.5 Å². The topological polar surface area (TPSA) is 70.7 Å². The number of methoxy groups -OCH3 is 1. The van der Waals surface area contributed by atoms with Gasteiger partial charge in [0.25, 0.3) is 5.91 Å². The first kappa shape index (κ1) is 19.5. The number of carbonyl (C=O) groups excluding carboxylic acids is 2. The Bertz CT molecular complexity index is 601. The zero-order valence-corrected chi connectivity index (χ0v) is 15.6. The highest BCUT2D eigenvalue weighted by Gasteiger charge is 2.20. The molecule has 2 rings (SSSR count). The first-order valence-electron chi connectivity index (χ1n) is 8.64. The summed E-state index contributed by atoms with van der Waals surface area (Å²) in [4.78, 5) is 26.7. The normalized spacial score (nSPS) is 15.1. The Kier molecular flexibility index (Phi) is 7.52. The number of halogens is 1. The Morgan fingerprint density at radius 3 is 2.68 bits per heavy atom. The van der Waals surface area contributed by atoms with Crippen molar-refractivity contribution in [2.24, 2.45) is 0 Å². The highest BCUT2D eigenvalue weighted by atomic mass is 35.5. The number of amides is 2. The Morgan fingerprint density at radius 2 is 2.04 bits per heavy atom. The lowest BCUT2D eigenvalue weighted by Crippen LogP contribution is -2.29. The van der Waals surface area contributed by atoms with Gasteiger partial charge in [-0.05, 0) is 44.4 Å². The van der Waals surface area contributed by atoms with Gasteiger partial charge in [0.2, 0.25) is 5.91 Å². The number of nitrogens with one attached hydrogen (secondary N) is 2. The summed E-state index contributed by atoms with van der Waals surface area (Å²) in [6.07, 6.45) is 3.00. The highest BCUT2D eigenvalue weighted by Crippen LogP contribution is 2.27. The third-order valence-corrected chi connectivity index (χ3v) is 4.33. The van der Waals surface area contributed by atoms with Crippen LogP contribution in [0.4, 0.5) is 11.4 Å². The molecule has 0 bridgehead atoms. The van der Waals surface area contributed by atoms with Crippen LogP contribution in [-0.4, -0.2) is 50.5 Å². The van der Waals surface area contributed by atoms with Crippen molar-refractivity contribution in [3.05, 3.63) is 23.8 Å². The van der Waals surface area contributed by atoms with Gasteiger partial charge in [-0.2, -0.15) is 0 Å². The number of benzene rings is 1. The molecule has 1 atom stereocenters. The highest BCUT2D eigenvalue weighted by molar-refractivity contribution is 6.32. The van der Waals surface area contributed by atoms with Gasteiger partial charge in [-0.3, -0.25) is 9.59 Å². The van der Waals surface area contributed by atoms with Crippen LogP contribution in [0.1, 0.15) is 36.5 Å². The number of ether oxygens (including phenoxy) is 1. The smallest absolute Gasteiger partial charge is 0.253 e. The van der Waals surface area contributed by atoms with Gasteiger partial charge < -0.3 is 20.3 Å². The van der Waals surface area contributed by atoms with E-state index in [1.54, 1.807) is 20.1 Å². The lowest BCUT2D eigenvalue weighted by atomic mass is 10.1. The van der Waals surface area contributed by atoms with E-state index in [1.807, 2.05) is 12.1 Å². The van der Waals surface area contributed by atoms with E-state index in [0.717, 1.165) is 38.0 Å². The second-order valence-electron chi connectivity index (χ2n) is 6.13. The molecular weight excluding hydrogens is 342 g/mol. The number of nitrogens with zero attached hydrogens (tertiary/aromatic N) is 1. The van der Waals surface area contributed by atoms with Gasteiger partial charge in [0.1, 0.15) is 5.38 Å². The van der Waals surface area contributed by atoms with Crippen LogP contribution in [0.3, 0.4) is 0 Å². The molecule has 0 saturated carbocycles. The van der Waals surface area contributed by atoms with Gasteiger partial charge in [0.05, 0.1) is 5.56 Å². The van der Waals surface area contributed by atoms with Gasteiger partial charge in [-0.1, -0.05) is 0 Å². The SMILES string of the molecule is COCCCNC(=O)c1cc(NC(=O)[C@@H](C)Cl)ccc1N1CCCC1. The molecule has 1 heterocycles. The minimum absolute atomic E-state index is 0.145. The number of carbonyl (C=O) groups is 2. The largest absolute Gasteiger partial charge is 0.385 e. The van der Waals surface area contributed by atoms with E-state index in [4.69, 9.17) is 16.3 Å². The molecule has 1 aromatic carbocycles. The third-order valence-electron chi connectivity index (χ3n) is 4.13. The van der Waals surface area contributed by atoms with E-state index in [1.165, 1.54) is 0 Å². The predicted octanol–water partition coefficient (Wildman–Crippen LogP) is 2.62. The molecule has 6 nitrogen and oxygen atoms in total. The number of hydrogen-bond acceptors (Lipinski definition) is 4. The van der Waals surface area contributed by atoms with Crippen molar-refractivity contribution in [3.8, 4) is 0 Å². The number of anilines is 2. The van der Waals surface area contributed by atoms with Crippen LogP contribution in [0.2, 0.25) is 0 Å². The maximum absolute atomic E-state index is 12.6. The minimum atomic E-state index is -0.635. The van der Waals surface area contributed by atoms with E-state index in [0.29, 0.717) is 24.4 Å². The molecule has 0 unspecified atom stereocenters. The second kappa shape index (κ2) is 9.63. The minimum Gasteiger partial charge on any atom is -0.385 e. The molecular formula is C18H26ClN3O3. The van der Waals surface area contributed by atoms with Crippen molar-refractivity contribution >= 4 is 34.8 Å². The summed E-state index contributed by atoms with van der Waals surface area (Å²) in [5, 5.41) is 5.02. The zero-order chi connectivity index (χ0) is 18.2. The van der Waals surface area contributed by atoms with E-state index >= 15 is 0 Å². The molecule has 7 heteroatoms. The van der Waals surface area contributed by atoms with Crippen LogP contribution in [0, 0.1) is 0 Å². The maximum atomic E-state index is 12.6. The van der Waals surface area contributed by atoms with Gasteiger partial charge in [0.15, 0.2) is 0 Å². The van der Waals surface area contributed by atoms with Gasteiger partial charge in [-0.25, -0.2) is 0 Å². The fourth-order valence-corrected chi connectivity index (χ4v) is 2.84. The molecule has 1 fully saturated rings. The van der Waals surface area contributed by atoms with Gasteiger partial charge in [0, 0.05) is 44.7 Å². The molecule has 0 spiro atoms.